The zero-order chi connectivity index (χ0) is 13.6. The normalized spacial score (nSPS) is 20.5. The van der Waals surface area contributed by atoms with E-state index < -0.39 is 5.82 Å². The fourth-order valence-corrected chi connectivity index (χ4v) is 2.92. The Hall–Kier alpha value is -1.33. The lowest BCUT2D eigenvalue weighted by molar-refractivity contribution is 0.380. The van der Waals surface area contributed by atoms with Crippen molar-refractivity contribution in [2.75, 3.05) is 25.9 Å². The van der Waals surface area contributed by atoms with Crippen LogP contribution in [0.3, 0.4) is 0 Å². The Labute approximate surface area is 116 Å². The molecule has 4 nitrogen and oxygen atoms in total. The number of anilines is 1. The molecule has 2 heterocycles. The molecule has 1 fully saturated rings. The van der Waals surface area contributed by atoms with E-state index in [0.29, 0.717) is 17.4 Å². The molecule has 1 aliphatic heterocycles. The Morgan fingerprint density at radius 3 is 3.00 bits per heavy atom. The van der Waals surface area contributed by atoms with Crippen LogP contribution in [0, 0.1) is 11.7 Å². The van der Waals surface area contributed by atoms with Gasteiger partial charge in [0.15, 0.2) is 0 Å². The van der Waals surface area contributed by atoms with Gasteiger partial charge in [0, 0.05) is 19.2 Å². The third-order valence-electron chi connectivity index (χ3n) is 3.75. The number of hydrogen-bond donors (Lipinski definition) is 1. The van der Waals surface area contributed by atoms with Crippen molar-refractivity contribution >= 4 is 28.6 Å². The predicted molar refractivity (Wildman–Crippen MR) is 74.7 cm³/mol. The van der Waals surface area contributed by atoms with Gasteiger partial charge in [-0.25, -0.2) is 9.37 Å². The van der Waals surface area contributed by atoms with E-state index in [1.807, 2.05) is 4.57 Å². The second-order valence-electron chi connectivity index (χ2n) is 5.25. The summed E-state index contributed by atoms with van der Waals surface area (Å²) >= 11 is 5.84. The van der Waals surface area contributed by atoms with E-state index in [1.165, 1.54) is 6.07 Å². The van der Waals surface area contributed by atoms with Crippen molar-refractivity contribution in [3.05, 3.63) is 23.0 Å². The number of nitrogens with zero attached hydrogens (tertiary/aromatic N) is 3. The Bertz CT molecular complexity index is 625. The SMILES string of the molecule is CN1CCC(Cn2c(N)nc3cc(F)c(Cl)cc32)C1. The van der Waals surface area contributed by atoms with E-state index in [4.69, 9.17) is 17.3 Å². The number of nitrogens with two attached hydrogens (primary N) is 1. The van der Waals surface area contributed by atoms with Gasteiger partial charge in [-0.2, -0.15) is 0 Å². The van der Waals surface area contributed by atoms with Gasteiger partial charge < -0.3 is 15.2 Å². The highest BCUT2D eigenvalue weighted by Gasteiger charge is 2.22. The third kappa shape index (κ3) is 2.28. The number of likely N-dealkylation sites (tertiary alicyclic amines) is 1. The topological polar surface area (TPSA) is 47.1 Å². The molecule has 102 valence electrons. The minimum Gasteiger partial charge on any atom is -0.369 e. The molecule has 0 amide bonds. The molecule has 19 heavy (non-hydrogen) atoms. The summed E-state index contributed by atoms with van der Waals surface area (Å²) in [6, 6.07) is 2.94. The molecule has 1 aromatic carbocycles. The first-order valence-corrected chi connectivity index (χ1v) is 6.71. The smallest absolute Gasteiger partial charge is 0.201 e. The molecule has 1 atom stereocenters. The van der Waals surface area contributed by atoms with Crippen molar-refractivity contribution in [1.82, 2.24) is 14.5 Å². The summed E-state index contributed by atoms with van der Waals surface area (Å²) < 4.78 is 15.4. The standard InChI is InChI=1S/C13H16ClFN4/c1-18-3-2-8(6-18)7-19-12-4-9(14)10(15)5-11(12)17-13(19)16/h4-5,8H,2-3,6-7H2,1H3,(H2,16,17). The summed E-state index contributed by atoms with van der Waals surface area (Å²) in [6.07, 6.45) is 1.14. The largest absolute Gasteiger partial charge is 0.369 e. The van der Waals surface area contributed by atoms with Crippen LogP contribution in [-0.2, 0) is 6.54 Å². The van der Waals surface area contributed by atoms with Crippen molar-refractivity contribution in [1.29, 1.82) is 0 Å². The zero-order valence-corrected chi connectivity index (χ0v) is 11.5. The summed E-state index contributed by atoms with van der Waals surface area (Å²) in [6.45, 7) is 2.95. The molecule has 0 saturated carbocycles. The predicted octanol–water partition coefficient (Wildman–Crippen LogP) is 2.36. The van der Waals surface area contributed by atoms with Gasteiger partial charge >= 0.3 is 0 Å². The second-order valence-corrected chi connectivity index (χ2v) is 5.66. The lowest BCUT2D eigenvalue weighted by atomic mass is 10.1. The summed E-state index contributed by atoms with van der Waals surface area (Å²) in [4.78, 5) is 6.50. The van der Waals surface area contributed by atoms with Crippen LogP contribution in [0.2, 0.25) is 5.02 Å². The second kappa shape index (κ2) is 4.65. The summed E-state index contributed by atoms with van der Waals surface area (Å²) in [5.74, 6) is 0.513. The Balaban J connectivity index is 1.98. The molecule has 2 N–H and O–H groups in total. The molecule has 1 aromatic heterocycles. The maximum absolute atomic E-state index is 13.4. The first-order valence-electron chi connectivity index (χ1n) is 6.34. The monoisotopic (exact) mass is 282 g/mol. The van der Waals surface area contributed by atoms with E-state index in [1.54, 1.807) is 6.07 Å². The highest BCUT2D eigenvalue weighted by atomic mass is 35.5. The molecule has 0 aliphatic carbocycles. The lowest BCUT2D eigenvalue weighted by Crippen LogP contribution is -2.17. The molecule has 0 bridgehead atoms. The Kier molecular flexibility index (Phi) is 3.11. The highest BCUT2D eigenvalue weighted by molar-refractivity contribution is 6.31. The van der Waals surface area contributed by atoms with Crippen molar-refractivity contribution in [2.24, 2.45) is 5.92 Å². The summed E-state index contributed by atoms with van der Waals surface area (Å²) in [7, 11) is 2.11. The maximum atomic E-state index is 13.4. The lowest BCUT2D eigenvalue weighted by Gasteiger charge is -2.13. The van der Waals surface area contributed by atoms with Gasteiger partial charge in [0.25, 0.3) is 0 Å². The van der Waals surface area contributed by atoms with Crippen LogP contribution in [0.5, 0.6) is 0 Å². The number of aromatic nitrogens is 2. The fraction of sp³-hybridized carbons (Fsp3) is 0.462. The van der Waals surface area contributed by atoms with Crippen LogP contribution in [0.25, 0.3) is 11.0 Å². The van der Waals surface area contributed by atoms with Crippen LogP contribution in [-0.4, -0.2) is 34.6 Å². The van der Waals surface area contributed by atoms with Gasteiger partial charge in [-0.15, -0.1) is 0 Å². The molecule has 6 heteroatoms. The van der Waals surface area contributed by atoms with Crippen LogP contribution >= 0.6 is 11.6 Å². The molecule has 2 aromatic rings. The zero-order valence-electron chi connectivity index (χ0n) is 10.7. The molecule has 3 rings (SSSR count). The molecular formula is C13H16ClFN4. The van der Waals surface area contributed by atoms with Gasteiger partial charge in [0.1, 0.15) is 5.82 Å². The maximum Gasteiger partial charge on any atom is 0.201 e. The van der Waals surface area contributed by atoms with Crippen LogP contribution in [0.15, 0.2) is 12.1 Å². The average molecular weight is 283 g/mol. The molecule has 0 radical (unpaired) electrons. The van der Waals surface area contributed by atoms with Crippen molar-refractivity contribution < 1.29 is 4.39 Å². The number of imidazole rings is 1. The molecule has 0 spiro atoms. The third-order valence-corrected chi connectivity index (χ3v) is 4.04. The Morgan fingerprint density at radius 2 is 2.32 bits per heavy atom. The van der Waals surface area contributed by atoms with Gasteiger partial charge in [-0.1, -0.05) is 11.6 Å². The molecule has 1 unspecified atom stereocenters. The average Bonchev–Trinajstić information content (AvgIpc) is 2.87. The summed E-state index contributed by atoms with van der Waals surface area (Å²) in [5.41, 5.74) is 7.30. The van der Waals surface area contributed by atoms with Crippen molar-refractivity contribution in [3.63, 3.8) is 0 Å². The molecular weight excluding hydrogens is 267 g/mol. The van der Waals surface area contributed by atoms with E-state index in [0.717, 1.165) is 31.6 Å². The van der Waals surface area contributed by atoms with Crippen LogP contribution in [0.4, 0.5) is 10.3 Å². The van der Waals surface area contributed by atoms with Gasteiger partial charge in [-0.3, -0.25) is 0 Å². The van der Waals surface area contributed by atoms with Crippen LogP contribution < -0.4 is 5.73 Å². The van der Waals surface area contributed by atoms with Gasteiger partial charge in [-0.05, 0) is 32.0 Å². The minimum absolute atomic E-state index is 0.109. The minimum atomic E-state index is -0.459. The van der Waals surface area contributed by atoms with Gasteiger partial charge in [0.05, 0.1) is 16.1 Å². The van der Waals surface area contributed by atoms with E-state index in [-0.39, 0.29) is 5.02 Å². The number of benzene rings is 1. The number of rotatable bonds is 2. The molecule has 1 aliphatic rings. The fourth-order valence-electron chi connectivity index (χ4n) is 2.76. The van der Waals surface area contributed by atoms with E-state index in [9.17, 15) is 4.39 Å². The highest BCUT2D eigenvalue weighted by Crippen LogP contribution is 2.27. The van der Waals surface area contributed by atoms with Crippen molar-refractivity contribution in [2.45, 2.75) is 13.0 Å². The first kappa shape index (κ1) is 12.7. The number of fused-ring (bicyclic) bond motifs is 1. The van der Waals surface area contributed by atoms with Crippen molar-refractivity contribution in [3.8, 4) is 0 Å². The number of hydrogen-bond acceptors (Lipinski definition) is 3. The summed E-state index contributed by atoms with van der Waals surface area (Å²) in [5, 5.41) is 0.109. The first-order chi connectivity index (χ1) is 9.04. The Morgan fingerprint density at radius 1 is 1.53 bits per heavy atom. The van der Waals surface area contributed by atoms with Gasteiger partial charge in [0.2, 0.25) is 5.95 Å². The number of nitrogen functional groups attached to an aromatic ring is 1. The van der Waals surface area contributed by atoms with E-state index >= 15 is 0 Å². The number of halogens is 2. The quantitative estimate of drug-likeness (QED) is 0.920. The van der Waals surface area contributed by atoms with E-state index in [2.05, 4.69) is 16.9 Å². The van der Waals surface area contributed by atoms with Crippen LogP contribution in [0.1, 0.15) is 6.42 Å². The molecule has 1 saturated heterocycles.